The zero-order chi connectivity index (χ0) is 20.2. The van der Waals surface area contributed by atoms with Crippen molar-refractivity contribution in [1.29, 1.82) is 0 Å². The molecule has 0 bridgehead atoms. The van der Waals surface area contributed by atoms with E-state index in [0.717, 1.165) is 25.5 Å². The second-order valence-electron chi connectivity index (χ2n) is 8.53. The van der Waals surface area contributed by atoms with Crippen LogP contribution in [0.25, 0.3) is 0 Å². The summed E-state index contributed by atoms with van der Waals surface area (Å²) in [6.07, 6.45) is 7.81. The third-order valence-electron chi connectivity index (χ3n) is 6.37. The van der Waals surface area contributed by atoms with Crippen LogP contribution in [-0.2, 0) is 11.8 Å². The highest BCUT2D eigenvalue weighted by Crippen LogP contribution is 2.64. The number of aliphatic hydroxyl groups excluding tert-OH is 1. The molecule has 0 radical (unpaired) electrons. The van der Waals surface area contributed by atoms with E-state index in [2.05, 4.69) is 25.7 Å². The number of fused-ring (bicyclic) bond motifs is 1. The van der Waals surface area contributed by atoms with E-state index in [0.29, 0.717) is 25.2 Å². The lowest BCUT2D eigenvalue weighted by atomic mass is 9.99. The second-order valence-corrected chi connectivity index (χ2v) is 8.53. The number of nitrogens with zero attached hydrogens (tertiary/aromatic N) is 5. The Morgan fingerprint density at radius 2 is 2.21 bits per heavy atom. The van der Waals surface area contributed by atoms with Crippen LogP contribution in [0.3, 0.4) is 0 Å². The van der Waals surface area contributed by atoms with E-state index in [4.69, 9.17) is 0 Å². The van der Waals surface area contributed by atoms with E-state index in [1.165, 1.54) is 0 Å². The van der Waals surface area contributed by atoms with Gasteiger partial charge in [0.15, 0.2) is 11.6 Å². The third-order valence-corrected chi connectivity index (χ3v) is 6.37. The molecule has 1 aliphatic heterocycles. The summed E-state index contributed by atoms with van der Waals surface area (Å²) in [6, 6.07) is 0. The highest BCUT2D eigenvalue weighted by Gasteiger charge is 2.73. The first-order chi connectivity index (χ1) is 13.9. The van der Waals surface area contributed by atoms with Gasteiger partial charge in [-0.05, 0) is 25.7 Å². The highest BCUT2D eigenvalue weighted by atomic mass is 19.1. The molecule has 3 heterocycles. The van der Waals surface area contributed by atoms with Crippen LogP contribution in [0.5, 0.6) is 0 Å². The molecule has 0 spiro atoms. The van der Waals surface area contributed by atoms with Crippen molar-refractivity contribution in [1.82, 2.24) is 25.1 Å². The van der Waals surface area contributed by atoms with Crippen LogP contribution in [0.15, 0.2) is 18.6 Å². The van der Waals surface area contributed by atoms with Crippen LogP contribution in [0, 0.1) is 17.2 Å². The smallest absolute Gasteiger partial charge is 0.229 e. The lowest BCUT2D eigenvalue weighted by Crippen LogP contribution is -2.44. The van der Waals surface area contributed by atoms with Crippen LogP contribution in [0.4, 0.5) is 21.8 Å². The number of aromatic nitrogens is 4. The first-order valence-corrected chi connectivity index (χ1v) is 9.90. The van der Waals surface area contributed by atoms with Crippen molar-refractivity contribution in [2.24, 2.45) is 18.4 Å². The quantitative estimate of drug-likeness (QED) is 0.634. The predicted molar refractivity (Wildman–Crippen MR) is 103 cm³/mol. The molecule has 1 saturated heterocycles. The summed E-state index contributed by atoms with van der Waals surface area (Å²) in [5.41, 5.74) is 0.0592. The van der Waals surface area contributed by atoms with Gasteiger partial charge in [0.1, 0.15) is 0 Å². The first-order valence-electron chi connectivity index (χ1n) is 9.90. The minimum absolute atomic E-state index is 0.0367. The lowest BCUT2D eigenvalue weighted by Gasteiger charge is -2.23. The van der Waals surface area contributed by atoms with Crippen LogP contribution >= 0.6 is 0 Å². The second kappa shape index (κ2) is 6.38. The predicted octanol–water partition coefficient (Wildman–Crippen LogP) is 0.950. The summed E-state index contributed by atoms with van der Waals surface area (Å²) in [5, 5.41) is 19.9. The number of hydrogen-bond acceptors (Lipinski definition) is 7. The molecule has 2 aromatic rings. The summed E-state index contributed by atoms with van der Waals surface area (Å²) in [5.74, 6) is 0.162. The third kappa shape index (κ3) is 3.11. The van der Waals surface area contributed by atoms with Crippen LogP contribution in [0.2, 0.25) is 0 Å². The number of amides is 1. The Labute approximate surface area is 167 Å². The molecule has 2 saturated carbocycles. The maximum Gasteiger partial charge on any atom is 0.229 e. The average Bonchev–Trinajstić information content (AvgIpc) is 3.55. The number of anilines is 3. The van der Waals surface area contributed by atoms with E-state index < -0.39 is 11.4 Å². The molecule has 5 rings (SSSR count). The van der Waals surface area contributed by atoms with Crippen molar-refractivity contribution < 1.29 is 14.3 Å². The fraction of sp³-hybridized carbons (Fsp3) is 0.579. The molecular weight excluding hydrogens is 377 g/mol. The molecule has 10 heteroatoms. The number of piperidine rings is 1. The molecule has 2 atom stereocenters. The van der Waals surface area contributed by atoms with E-state index >= 15 is 0 Å². The minimum atomic E-state index is -0.508. The van der Waals surface area contributed by atoms with Gasteiger partial charge in [0, 0.05) is 44.3 Å². The SMILES string of the molecule is Cn1cc(Nc2ncc(F)c(N3CC4(CCO)CC4(NC(=O)C4CC4)C3)n2)cn1. The van der Waals surface area contributed by atoms with Crippen molar-refractivity contribution in [2.75, 3.05) is 29.9 Å². The number of carbonyl (C=O) groups excluding carboxylic acids is 1. The molecule has 0 aromatic carbocycles. The molecule has 2 aliphatic carbocycles. The Kier molecular flexibility index (Phi) is 4.02. The van der Waals surface area contributed by atoms with Crippen molar-refractivity contribution >= 4 is 23.4 Å². The fourth-order valence-corrected chi connectivity index (χ4v) is 4.64. The van der Waals surface area contributed by atoms with E-state index in [1.54, 1.807) is 24.1 Å². The Morgan fingerprint density at radius 3 is 2.90 bits per heavy atom. The molecule has 3 N–H and O–H groups in total. The van der Waals surface area contributed by atoms with E-state index in [9.17, 15) is 14.3 Å². The summed E-state index contributed by atoms with van der Waals surface area (Å²) in [7, 11) is 1.80. The summed E-state index contributed by atoms with van der Waals surface area (Å²) in [6.45, 7) is 1.06. The van der Waals surface area contributed by atoms with Gasteiger partial charge in [0.05, 0.1) is 23.6 Å². The first kappa shape index (κ1) is 18.3. The monoisotopic (exact) mass is 401 g/mol. The maximum atomic E-state index is 14.6. The molecule has 2 aromatic heterocycles. The maximum absolute atomic E-state index is 14.6. The van der Waals surface area contributed by atoms with Crippen molar-refractivity contribution in [3.8, 4) is 0 Å². The van der Waals surface area contributed by atoms with Crippen LogP contribution in [-0.4, -0.2) is 56.0 Å². The Balaban J connectivity index is 1.38. The fourth-order valence-electron chi connectivity index (χ4n) is 4.64. The van der Waals surface area contributed by atoms with Gasteiger partial charge >= 0.3 is 0 Å². The minimum Gasteiger partial charge on any atom is -0.396 e. The zero-order valence-corrected chi connectivity index (χ0v) is 16.2. The number of hydrogen-bond donors (Lipinski definition) is 3. The van der Waals surface area contributed by atoms with Gasteiger partial charge in [-0.15, -0.1) is 0 Å². The number of rotatable bonds is 7. The standard InChI is InChI=1S/C19H24FN7O2/c1-26-8-13(6-22-26)23-17-21-7-14(20)15(24-17)27-10-18(4-5-28)9-19(18,11-27)25-16(29)12-2-3-12/h6-8,12,28H,2-5,9-11H2,1H3,(H,25,29)(H,21,23,24). The molecule has 9 nitrogen and oxygen atoms in total. The Bertz CT molecular complexity index is 962. The molecule has 3 aliphatic rings. The number of aliphatic hydroxyl groups is 1. The lowest BCUT2D eigenvalue weighted by molar-refractivity contribution is -0.123. The average molecular weight is 401 g/mol. The zero-order valence-electron chi connectivity index (χ0n) is 16.2. The van der Waals surface area contributed by atoms with Crippen molar-refractivity contribution in [2.45, 2.75) is 31.2 Å². The van der Waals surface area contributed by atoms with Gasteiger partial charge in [-0.3, -0.25) is 9.48 Å². The molecular formula is C19H24FN7O2. The summed E-state index contributed by atoms with van der Waals surface area (Å²) >= 11 is 0. The molecule has 29 heavy (non-hydrogen) atoms. The van der Waals surface area contributed by atoms with Crippen molar-refractivity contribution in [3.05, 3.63) is 24.4 Å². The highest BCUT2D eigenvalue weighted by molar-refractivity contribution is 5.82. The van der Waals surface area contributed by atoms with Crippen molar-refractivity contribution in [3.63, 3.8) is 0 Å². The summed E-state index contributed by atoms with van der Waals surface area (Å²) in [4.78, 5) is 22.7. The largest absolute Gasteiger partial charge is 0.396 e. The molecule has 3 fully saturated rings. The Morgan fingerprint density at radius 1 is 1.38 bits per heavy atom. The van der Waals surface area contributed by atoms with Crippen LogP contribution in [0.1, 0.15) is 25.7 Å². The molecule has 154 valence electrons. The topological polar surface area (TPSA) is 108 Å². The normalized spacial score (nSPS) is 27.6. The van der Waals surface area contributed by atoms with Gasteiger partial charge in [-0.1, -0.05) is 0 Å². The number of nitrogens with one attached hydrogen (secondary N) is 2. The van der Waals surface area contributed by atoms with Crippen LogP contribution < -0.4 is 15.5 Å². The molecule has 1 amide bonds. The Hall–Kier alpha value is -2.75. The van der Waals surface area contributed by atoms with E-state index in [-0.39, 0.29) is 35.6 Å². The van der Waals surface area contributed by atoms with Gasteiger partial charge in [-0.2, -0.15) is 10.1 Å². The van der Waals surface area contributed by atoms with Gasteiger partial charge in [-0.25, -0.2) is 9.37 Å². The number of carbonyl (C=O) groups is 1. The van der Waals surface area contributed by atoms with Gasteiger partial charge in [0.2, 0.25) is 11.9 Å². The number of aryl methyl sites for hydroxylation is 1. The molecule has 2 unspecified atom stereocenters. The van der Waals surface area contributed by atoms with Gasteiger partial charge in [0.25, 0.3) is 0 Å². The number of halogens is 1. The van der Waals surface area contributed by atoms with E-state index in [1.807, 2.05) is 4.90 Å². The summed E-state index contributed by atoms with van der Waals surface area (Å²) < 4.78 is 16.2. The van der Waals surface area contributed by atoms with Gasteiger partial charge < -0.3 is 20.6 Å².